The van der Waals surface area contributed by atoms with Crippen LogP contribution in [0.3, 0.4) is 0 Å². The van der Waals surface area contributed by atoms with E-state index in [1.165, 1.54) is 0 Å². The molecule has 0 aliphatic carbocycles. The zero-order chi connectivity index (χ0) is 21.1. The van der Waals surface area contributed by atoms with E-state index in [4.69, 9.17) is 14.7 Å². The highest BCUT2D eigenvalue weighted by Gasteiger charge is 2.43. The lowest BCUT2D eigenvalue weighted by Crippen LogP contribution is -2.49. The molecule has 5 heterocycles. The lowest BCUT2D eigenvalue weighted by molar-refractivity contribution is -0.0409. The minimum atomic E-state index is -0.128. The van der Waals surface area contributed by atoms with Crippen LogP contribution < -0.4 is 4.90 Å². The van der Waals surface area contributed by atoms with Gasteiger partial charge in [0, 0.05) is 25.8 Å². The number of rotatable bonds is 3. The van der Waals surface area contributed by atoms with E-state index in [2.05, 4.69) is 52.1 Å². The summed E-state index contributed by atoms with van der Waals surface area (Å²) in [5.74, 6) is 0.719. The number of hydrogen-bond acceptors (Lipinski definition) is 7. The number of aryl methyl sites for hydroxylation is 1. The van der Waals surface area contributed by atoms with E-state index in [0.717, 1.165) is 66.7 Å². The zero-order valence-corrected chi connectivity index (χ0v) is 18.4. The molecule has 30 heavy (non-hydrogen) atoms. The molecule has 8 heteroatoms. The quantitative estimate of drug-likeness (QED) is 0.658. The van der Waals surface area contributed by atoms with Gasteiger partial charge in [-0.15, -0.1) is 0 Å². The molecular formula is C22H29N7O. The smallest absolute Gasteiger partial charge is 0.228 e. The van der Waals surface area contributed by atoms with Crippen molar-refractivity contribution in [1.29, 1.82) is 0 Å². The Morgan fingerprint density at radius 3 is 2.70 bits per heavy atom. The number of morpholine rings is 1. The molecule has 2 aliphatic heterocycles. The standard InChI is InChI=1S/C22H29N7O/c1-14-8-24-16(9-23-14)17-18-19(29(13-25-18)11-21(2,3)4)27-20(26-17)28-10-15-6-7-22(5,12-28)30-15/h8-9,13,15H,6-7,10-12H2,1-5H3. The van der Waals surface area contributed by atoms with Gasteiger partial charge in [0.1, 0.15) is 16.9 Å². The maximum Gasteiger partial charge on any atom is 0.228 e. The van der Waals surface area contributed by atoms with Crippen LogP contribution in [0.15, 0.2) is 18.7 Å². The molecule has 2 aliphatic rings. The maximum absolute atomic E-state index is 6.19. The molecule has 0 amide bonds. The first-order chi connectivity index (χ1) is 14.2. The van der Waals surface area contributed by atoms with Gasteiger partial charge < -0.3 is 14.2 Å². The van der Waals surface area contributed by atoms with Gasteiger partial charge >= 0.3 is 0 Å². The van der Waals surface area contributed by atoms with Crippen molar-refractivity contribution in [3.8, 4) is 11.4 Å². The van der Waals surface area contributed by atoms with Crippen molar-refractivity contribution >= 4 is 17.1 Å². The third-order valence-corrected chi connectivity index (χ3v) is 5.80. The van der Waals surface area contributed by atoms with Crippen LogP contribution in [0, 0.1) is 12.3 Å². The van der Waals surface area contributed by atoms with Crippen LogP contribution in [0.25, 0.3) is 22.6 Å². The summed E-state index contributed by atoms with van der Waals surface area (Å²) in [6.07, 6.45) is 7.82. The average molecular weight is 408 g/mol. The molecule has 0 saturated carbocycles. The Hall–Kier alpha value is -2.61. The fraction of sp³-hybridized carbons (Fsp3) is 0.591. The second-order valence-electron chi connectivity index (χ2n) is 10.1. The Kier molecular flexibility index (Phi) is 4.32. The molecule has 0 N–H and O–H groups in total. The zero-order valence-electron chi connectivity index (χ0n) is 18.4. The lowest BCUT2D eigenvalue weighted by atomic mass is 9.97. The highest BCUT2D eigenvalue weighted by atomic mass is 16.5. The van der Waals surface area contributed by atoms with Crippen molar-refractivity contribution in [1.82, 2.24) is 29.5 Å². The maximum atomic E-state index is 6.19. The van der Waals surface area contributed by atoms with Crippen LogP contribution in [0.5, 0.6) is 0 Å². The van der Waals surface area contributed by atoms with Gasteiger partial charge in [0.05, 0.1) is 29.9 Å². The highest BCUT2D eigenvalue weighted by molar-refractivity contribution is 5.87. The van der Waals surface area contributed by atoms with E-state index in [-0.39, 0.29) is 17.1 Å². The van der Waals surface area contributed by atoms with Crippen LogP contribution in [-0.4, -0.2) is 54.3 Å². The topological polar surface area (TPSA) is 81.9 Å². The van der Waals surface area contributed by atoms with E-state index in [0.29, 0.717) is 0 Å². The van der Waals surface area contributed by atoms with Crippen molar-refractivity contribution < 1.29 is 4.74 Å². The van der Waals surface area contributed by atoms with Crippen LogP contribution in [0.2, 0.25) is 0 Å². The first-order valence-corrected chi connectivity index (χ1v) is 10.6. The summed E-state index contributed by atoms with van der Waals surface area (Å²) >= 11 is 0. The van der Waals surface area contributed by atoms with Gasteiger partial charge in [0.2, 0.25) is 5.95 Å². The molecule has 0 radical (unpaired) electrons. The van der Waals surface area contributed by atoms with E-state index in [1.807, 2.05) is 13.3 Å². The Balaban J connectivity index is 1.65. The van der Waals surface area contributed by atoms with Gasteiger partial charge in [-0.25, -0.2) is 9.97 Å². The summed E-state index contributed by atoms with van der Waals surface area (Å²) in [5.41, 5.74) is 3.92. The molecular weight excluding hydrogens is 378 g/mol. The van der Waals surface area contributed by atoms with Crippen molar-refractivity contribution in [2.24, 2.45) is 5.41 Å². The largest absolute Gasteiger partial charge is 0.368 e. The fourth-order valence-electron chi connectivity index (χ4n) is 4.49. The van der Waals surface area contributed by atoms with Gasteiger partial charge in [-0.2, -0.15) is 4.98 Å². The molecule has 3 aromatic rings. The second kappa shape index (κ2) is 6.70. The Morgan fingerprint density at radius 1 is 1.17 bits per heavy atom. The summed E-state index contributed by atoms with van der Waals surface area (Å²) in [4.78, 5) is 25.9. The molecule has 5 rings (SSSR count). The number of aromatic nitrogens is 6. The minimum absolute atomic E-state index is 0.105. The summed E-state index contributed by atoms with van der Waals surface area (Å²) in [7, 11) is 0. The van der Waals surface area contributed by atoms with E-state index in [1.54, 1.807) is 12.4 Å². The monoisotopic (exact) mass is 407 g/mol. The number of nitrogens with zero attached hydrogens (tertiary/aromatic N) is 7. The highest BCUT2D eigenvalue weighted by Crippen LogP contribution is 2.37. The number of fused-ring (bicyclic) bond motifs is 3. The molecule has 0 spiro atoms. The Morgan fingerprint density at radius 2 is 2.00 bits per heavy atom. The number of ether oxygens (including phenoxy) is 1. The normalized spacial score (nSPS) is 24.0. The van der Waals surface area contributed by atoms with Crippen LogP contribution in [0.4, 0.5) is 5.95 Å². The third kappa shape index (κ3) is 3.53. The summed E-state index contributed by atoms with van der Waals surface area (Å²) in [6, 6.07) is 0. The van der Waals surface area contributed by atoms with Gasteiger partial charge in [-0.1, -0.05) is 20.8 Å². The van der Waals surface area contributed by atoms with Gasteiger partial charge in [-0.3, -0.25) is 9.97 Å². The first-order valence-electron chi connectivity index (χ1n) is 10.6. The minimum Gasteiger partial charge on any atom is -0.368 e. The predicted octanol–water partition coefficient (Wildman–Crippen LogP) is 3.40. The molecule has 2 bridgehead atoms. The summed E-state index contributed by atoms with van der Waals surface area (Å²) < 4.78 is 8.32. The molecule has 2 fully saturated rings. The molecule has 158 valence electrons. The van der Waals surface area contributed by atoms with Gasteiger partial charge in [0.15, 0.2) is 5.65 Å². The lowest BCUT2D eigenvalue weighted by Gasteiger charge is -2.38. The van der Waals surface area contributed by atoms with Crippen LogP contribution in [0.1, 0.15) is 46.2 Å². The number of hydrogen-bond donors (Lipinski definition) is 0. The molecule has 2 atom stereocenters. The Bertz CT molecular complexity index is 1090. The number of imidazole rings is 1. The molecule has 0 aromatic carbocycles. The third-order valence-electron chi connectivity index (χ3n) is 5.80. The fourth-order valence-corrected chi connectivity index (χ4v) is 4.49. The SMILES string of the molecule is Cc1cnc(-c2nc(N3CC4CCC(C)(C3)O4)nc3c2ncn3CC(C)(C)C)cn1. The van der Waals surface area contributed by atoms with Gasteiger partial charge in [0.25, 0.3) is 0 Å². The van der Waals surface area contributed by atoms with Crippen molar-refractivity contribution in [3.05, 3.63) is 24.4 Å². The van der Waals surface area contributed by atoms with Crippen molar-refractivity contribution in [3.63, 3.8) is 0 Å². The van der Waals surface area contributed by atoms with Crippen molar-refractivity contribution in [2.45, 2.75) is 65.7 Å². The molecule has 8 nitrogen and oxygen atoms in total. The summed E-state index contributed by atoms with van der Waals surface area (Å²) in [6.45, 7) is 13.2. The van der Waals surface area contributed by atoms with E-state index >= 15 is 0 Å². The van der Waals surface area contributed by atoms with Crippen LogP contribution in [-0.2, 0) is 11.3 Å². The molecule has 2 unspecified atom stereocenters. The van der Waals surface area contributed by atoms with Gasteiger partial charge in [-0.05, 0) is 32.1 Å². The predicted molar refractivity (Wildman–Crippen MR) is 115 cm³/mol. The van der Waals surface area contributed by atoms with E-state index in [9.17, 15) is 0 Å². The second-order valence-corrected chi connectivity index (χ2v) is 10.1. The molecule has 2 saturated heterocycles. The van der Waals surface area contributed by atoms with Crippen LogP contribution >= 0.6 is 0 Å². The first kappa shape index (κ1) is 19.4. The summed E-state index contributed by atoms with van der Waals surface area (Å²) in [5, 5.41) is 0. The average Bonchev–Trinajstić information content (AvgIpc) is 3.19. The molecule has 3 aromatic heterocycles. The van der Waals surface area contributed by atoms with Crippen molar-refractivity contribution in [2.75, 3.05) is 18.0 Å². The van der Waals surface area contributed by atoms with E-state index < -0.39 is 0 Å². The Labute approximate surface area is 176 Å². The number of anilines is 1.